The number of unbranched alkanes of at least 4 members (excludes halogenated alkanes) is 1. The molecule has 1 rings (SSSR count). The number of sulfone groups is 1. The lowest BCUT2D eigenvalue weighted by molar-refractivity contribution is -0.139. The highest BCUT2D eigenvalue weighted by atomic mass is 32.2. The fourth-order valence-corrected chi connectivity index (χ4v) is 3.80. The van der Waals surface area contributed by atoms with E-state index in [0.29, 0.717) is 19.3 Å². The van der Waals surface area contributed by atoms with Crippen molar-refractivity contribution in [2.75, 3.05) is 5.75 Å². The van der Waals surface area contributed by atoms with Gasteiger partial charge in [-0.3, -0.25) is 4.79 Å². The first-order chi connectivity index (χ1) is 12.0. The van der Waals surface area contributed by atoms with Crippen molar-refractivity contribution in [2.45, 2.75) is 64.3 Å². The van der Waals surface area contributed by atoms with Crippen LogP contribution in [0.1, 0.15) is 63.7 Å². The Morgan fingerprint density at radius 1 is 1.15 bits per heavy atom. The molecule has 26 heavy (non-hydrogen) atoms. The van der Waals surface area contributed by atoms with Gasteiger partial charge in [0.1, 0.15) is 6.04 Å². The minimum Gasteiger partial charge on any atom is -0.480 e. The predicted molar refractivity (Wildman–Crippen MR) is 101 cm³/mol. The van der Waals surface area contributed by atoms with Gasteiger partial charge in [0, 0.05) is 5.56 Å². The van der Waals surface area contributed by atoms with Gasteiger partial charge in [-0.05, 0) is 48.9 Å². The van der Waals surface area contributed by atoms with E-state index in [1.165, 1.54) is 24.3 Å². The highest BCUT2D eigenvalue weighted by Crippen LogP contribution is 2.22. The Hall–Kier alpha value is -1.89. The Morgan fingerprint density at radius 2 is 1.73 bits per heavy atom. The fraction of sp³-hybridized carbons (Fsp3) is 0.579. The van der Waals surface area contributed by atoms with Gasteiger partial charge in [0.25, 0.3) is 5.91 Å². The van der Waals surface area contributed by atoms with Gasteiger partial charge < -0.3 is 10.4 Å². The Bertz CT molecular complexity index is 717. The van der Waals surface area contributed by atoms with Crippen molar-refractivity contribution in [3.8, 4) is 0 Å². The molecule has 0 aromatic heterocycles. The lowest BCUT2D eigenvalue weighted by atomic mass is 9.88. The van der Waals surface area contributed by atoms with Gasteiger partial charge >= 0.3 is 5.97 Å². The highest BCUT2D eigenvalue weighted by molar-refractivity contribution is 7.91. The van der Waals surface area contributed by atoms with Crippen molar-refractivity contribution >= 4 is 21.7 Å². The van der Waals surface area contributed by atoms with Crippen LogP contribution in [0.15, 0.2) is 29.2 Å². The maximum Gasteiger partial charge on any atom is 0.326 e. The van der Waals surface area contributed by atoms with Gasteiger partial charge in [0.15, 0.2) is 9.84 Å². The maximum absolute atomic E-state index is 12.3. The summed E-state index contributed by atoms with van der Waals surface area (Å²) >= 11 is 0. The lowest BCUT2D eigenvalue weighted by Gasteiger charge is -2.21. The second kappa shape index (κ2) is 9.16. The molecule has 0 aliphatic carbocycles. The smallest absolute Gasteiger partial charge is 0.326 e. The topological polar surface area (TPSA) is 101 Å². The minimum atomic E-state index is -3.35. The van der Waals surface area contributed by atoms with Gasteiger partial charge in [-0.2, -0.15) is 0 Å². The van der Waals surface area contributed by atoms with Crippen LogP contribution in [0.25, 0.3) is 0 Å². The van der Waals surface area contributed by atoms with E-state index in [9.17, 15) is 23.1 Å². The third-order valence-electron chi connectivity index (χ3n) is 4.03. The molecule has 1 amide bonds. The van der Waals surface area contributed by atoms with E-state index in [0.717, 1.165) is 6.42 Å². The molecule has 7 heteroatoms. The number of benzene rings is 1. The van der Waals surface area contributed by atoms with Crippen molar-refractivity contribution in [1.29, 1.82) is 0 Å². The summed E-state index contributed by atoms with van der Waals surface area (Å²) in [5, 5.41) is 11.8. The lowest BCUT2D eigenvalue weighted by Crippen LogP contribution is -2.41. The zero-order chi connectivity index (χ0) is 20.0. The normalized spacial score (nSPS) is 13.2. The van der Waals surface area contributed by atoms with Crippen molar-refractivity contribution in [3.63, 3.8) is 0 Å². The summed E-state index contributed by atoms with van der Waals surface area (Å²) < 4.78 is 24.3. The third-order valence-corrected chi connectivity index (χ3v) is 5.85. The predicted octanol–water partition coefficient (Wildman–Crippen LogP) is 3.27. The molecular formula is C19H29NO5S. The second-order valence-corrected chi connectivity index (χ2v) is 9.77. The van der Waals surface area contributed by atoms with E-state index in [4.69, 9.17) is 0 Å². The molecule has 1 unspecified atom stereocenters. The van der Waals surface area contributed by atoms with E-state index in [1.807, 2.05) is 27.7 Å². The number of carboxylic acid groups (broad SMARTS) is 1. The quantitative estimate of drug-likeness (QED) is 0.681. The molecule has 146 valence electrons. The van der Waals surface area contributed by atoms with Crippen LogP contribution in [0.3, 0.4) is 0 Å². The number of carboxylic acids is 1. The summed E-state index contributed by atoms with van der Waals surface area (Å²) in [6.07, 6.45) is 2.34. The monoisotopic (exact) mass is 383 g/mol. The van der Waals surface area contributed by atoms with Crippen LogP contribution in [0.2, 0.25) is 0 Å². The average molecular weight is 384 g/mol. The molecule has 0 heterocycles. The molecule has 6 nitrogen and oxygen atoms in total. The molecule has 0 spiro atoms. The minimum absolute atomic E-state index is 0.0348. The van der Waals surface area contributed by atoms with Crippen LogP contribution >= 0.6 is 0 Å². The molecule has 2 N–H and O–H groups in total. The molecule has 0 aliphatic rings. The van der Waals surface area contributed by atoms with Gasteiger partial charge in [0.2, 0.25) is 0 Å². The number of nitrogens with one attached hydrogen (secondary N) is 1. The van der Waals surface area contributed by atoms with Crippen LogP contribution in [0, 0.1) is 5.41 Å². The average Bonchev–Trinajstić information content (AvgIpc) is 2.55. The van der Waals surface area contributed by atoms with E-state index in [-0.39, 0.29) is 21.6 Å². The highest BCUT2D eigenvalue weighted by Gasteiger charge is 2.23. The first-order valence-electron chi connectivity index (χ1n) is 8.83. The zero-order valence-electron chi connectivity index (χ0n) is 15.9. The number of rotatable bonds is 9. The number of carbonyl (C=O) groups is 2. The van der Waals surface area contributed by atoms with Crippen LogP contribution in [-0.4, -0.2) is 37.2 Å². The SMILES string of the molecule is CCCCS(=O)(=O)c1ccc(C(=O)NC(CCC(C)(C)C)C(=O)O)cc1. The van der Waals surface area contributed by atoms with Crippen molar-refractivity contribution in [1.82, 2.24) is 5.32 Å². The number of amides is 1. The maximum atomic E-state index is 12.3. The number of hydrogen-bond acceptors (Lipinski definition) is 4. The molecule has 0 aliphatic heterocycles. The van der Waals surface area contributed by atoms with Gasteiger partial charge in [-0.1, -0.05) is 34.1 Å². The molecule has 0 saturated heterocycles. The van der Waals surface area contributed by atoms with Crippen LogP contribution in [0.4, 0.5) is 0 Å². The third kappa shape index (κ3) is 7.15. The van der Waals surface area contributed by atoms with Gasteiger partial charge in [0.05, 0.1) is 10.6 Å². The van der Waals surface area contributed by atoms with Crippen molar-refractivity contribution in [3.05, 3.63) is 29.8 Å². The number of aliphatic carboxylic acids is 1. The summed E-state index contributed by atoms with van der Waals surface area (Å²) in [7, 11) is -3.35. The summed E-state index contributed by atoms with van der Waals surface area (Å²) in [6, 6.07) is 4.64. The van der Waals surface area contributed by atoms with Crippen LogP contribution < -0.4 is 5.32 Å². The molecule has 1 atom stereocenters. The molecule has 1 aromatic rings. The standard InChI is InChI=1S/C19H29NO5S/c1-5-6-13-26(24,25)15-9-7-14(8-10-15)17(21)20-16(18(22)23)11-12-19(2,3)4/h7-10,16H,5-6,11-13H2,1-4H3,(H,20,21)(H,22,23). The van der Waals surface area contributed by atoms with E-state index in [2.05, 4.69) is 5.32 Å². The Kier molecular flexibility index (Phi) is 7.81. The van der Waals surface area contributed by atoms with Crippen molar-refractivity contribution < 1.29 is 23.1 Å². The first kappa shape index (κ1) is 22.2. The van der Waals surface area contributed by atoms with E-state index < -0.39 is 27.8 Å². The number of carbonyl (C=O) groups excluding carboxylic acids is 1. The van der Waals surface area contributed by atoms with Crippen LogP contribution in [-0.2, 0) is 14.6 Å². The van der Waals surface area contributed by atoms with E-state index in [1.54, 1.807) is 0 Å². The summed E-state index contributed by atoms with van der Waals surface area (Å²) in [6.45, 7) is 7.93. The summed E-state index contributed by atoms with van der Waals surface area (Å²) in [5.41, 5.74) is 0.203. The van der Waals surface area contributed by atoms with Gasteiger partial charge in [-0.25, -0.2) is 13.2 Å². The first-order valence-corrected chi connectivity index (χ1v) is 10.5. The molecule has 0 radical (unpaired) electrons. The number of hydrogen-bond donors (Lipinski definition) is 2. The summed E-state index contributed by atoms with van der Waals surface area (Å²) in [5.74, 6) is -1.53. The summed E-state index contributed by atoms with van der Waals surface area (Å²) in [4.78, 5) is 23.8. The Morgan fingerprint density at radius 3 is 2.19 bits per heavy atom. The Labute approximate surface area is 155 Å². The molecule has 0 saturated carbocycles. The zero-order valence-corrected chi connectivity index (χ0v) is 16.7. The molecule has 0 fully saturated rings. The van der Waals surface area contributed by atoms with Gasteiger partial charge in [-0.15, -0.1) is 0 Å². The van der Waals surface area contributed by atoms with Crippen LogP contribution in [0.5, 0.6) is 0 Å². The van der Waals surface area contributed by atoms with Crippen molar-refractivity contribution in [2.24, 2.45) is 5.41 Å². The Balaban J connectivity index is 2.81. The molecule has 1 aromatic carbocycles. The second-order valence-electron chi connectivity index (χ2n) is 7.66. The molecular weight excluding hydrogens is 354 g/mol. The largest absolute Gasteiger partial charge is 0.480 e. The molecule has 0 bridgehead atoms. The van der Waals surface area contributed by atoms with E-state index >= 15 is 0 Å². The fourth-order valence-electron chi connectivity index (χ4n) is 2.34.